The zero-order valence-corrected chi connectivity index (χ0v) is 13.7. The highest BCUT2D eigenvalue weighted by Gasteiger charge is 2.37. The second-order valence-electron chi connectivity index (χ2n) is 7.44. The van der Waals surface area contributed by atoms with E-state index in [1.54, 1.807) is 0 Å². The molecule has 0 aromatic heterocycles. The van der Waals surface area contributed by atoms with Crippen molar-refractivity contribution < 1.29 is 0 Å². The first-order chi connectivity index (χ1) is 9.02. The number of hydrogen-bond acceptors (Lipinski definition) is 2. The molecule has 2 saturated heterocycles. The average molecular weight is 266 g/mol. The van der Waals surface area contributed by atoms with E-state index < -0.39 is 0 Å². The fraction of sp³-hybridized carbons (Fsp3) is 1.00. The Hall–Kier alpha value is -0.0800. The molecule has 2 nitrogen and oxygen atoms in total. The third-order valence-corrected chi connectivity index (χ3v) is 5.58. The minimum absolute atomic E-state index is 0.803. The van der Waals surface area contributed by atoms with Crippen molar-refractivity contribution >= 4 is 0 Å². The molecule has 2 heterocycles. The lowest BCUT2D eigenvalue weighted by Gasteiger charge is -2.51. The highest BCUT2D eigenvalue weighted by Crippen LogP contribution is 2.29. The Balaban J connectivity index is 1.73. The van der Waals surface area contributed by atoms with Gasteiger partial charge in [-0.15, -0.1) is 0 Å². The van der Waals surface area contributed by atoms with E-state index in [1.165, 1.54) is 45.4 Å². The van der Waals surface area contributed by atoms with Gasteiger partial charge in [0.15, 0.2) is 0 Å². The molecule has 0 spiro atoms. The molecule has 2 rings (SSSR count). The lowest BCUT2D eigenvalue weighted by atomic mass is 9.85. The molecule has 0 aliphatic carbocycles. The first kappa shape index (κ1) is 15.3. The monoisotopic (exact) mass is 266 g/mol. The van der Waals surface area contributed by atoms with E-state index in [0.29, 0.717) is 0 Å². The molecule has 2 aliphatic rings. The molecule has 2 aliphatic heterocycles. The van der Waals surface area contributed by atoms with Crippen LogP contribution >= 0.6 is 0 Å². The van der Waals surface area contributed by atoms with Crippen LogP contribution in [0.4, 0.5) is 0 Å². The Morgan fingerprint density at radius 1 is 1.00 bits per heavy atom. The van der Waals surface area contributed by atoms with Crippen molar-refractivity contribution in [3.8, 4) is 0 Å². The minimum Gasteiger partial charge on any atom is -0.298 e. The molecule has 0 radical (unpaired) electrons. The first-order valence-electron chi connectivity index (χ1n) is 8.51. The van der Waals surface area contributed by atoms with Crippen molar-refractivity contribution in [2.45, 2.75) is 66.0 Å². The van der Waals surface area contributed by atoms with Gasteiger partial charge in [-0.05, 0) is 50.1 Å². The van der Waals surface area contributed by atoms with Crippen molar-refractivity contribution in [3.05, 3.63) is 0 Å². The Morgan fingerprint density at radius 2 is 1.58 bits per heavy atom. The fourth-order valence-electron chi connectivity index (χ4n) is 4.09. The quantitative estimate of drug-likeness (QED) is 0.752. The molecular weight excluding hydrogens is 232 g/mol. The van der Waals surface area contributed by atoms with Gasteiger partial charge in [-0.3, -0.25) is 9.80 Å². The van der Waals surface area contributed by atoms with Crippen LogP contribution in [0.15, 0.2) is 0 Å². The molecule has 0 amide bonds. The maximum Gasteiger partial charge on any atom is 0.0350 e. The predicted octanol–water partition coefficient (Wildman–Crippen LogP) is 3.47. The van der Waals surface area contributed by atoms with Gasteiger partial charge in [0.2, 0.25) is 0 Å². The van der Waals surface area contributed by atoms with E-state index in [-0.39, 0.29) is 0 Å². The van der Waals surface area contributed by atoms with Crippen LogP contribution in [0.25, 0.3) is 0 Å². The Bertz CT molecular complexity index is 260. The third kappa shape index (κ3) is 3.52. The highest BCUT2D eigenvalue weighted by molar-refractivity contribution is 4.93. The largest absolute Gasteiger partial charge is 0.298 e. The summed E-state index contributed by atoms with van der Waals surface area (Å²) >= 11 is 0. The molecule has 112 valence electrons. The SMILES string of the molecule is CCC(C(C)C)N1CC(N2CCC(C(C)C)CC2)C1. The molecule has 2 fully saturated rings. The normalized spacial score (nSPS) is 26.1. The van der Waals surface area contributed by atoms with Crippen LogP contribution in [-0.4, -0.2) is 48.1 Å². The molecule has 2 heteroatoms. The molecule has 0 saturated carbocycles. The van der Waals surface area contributed by atoms with Crippen LogP contribution < -0.4 is 0 Å². The smallest absolute Gasteiger partial charge is 0.0350 e. The molecule has 1 unspecified atom stereocenters. The Labute approximate surface area is 120 Å². The molecule has 19 heavy (non-hydrogen) atoms. The molecule has 0 N–H and O–H groups in total. The van der Waals surface area contributed by atoms with E-state index in [9.17, 15) is 0 Å². The number of nitrogens with zero attached hydrogens (tertiary/aromatic N) is 2. The van der Waals surface area contributed by atoms with Gasteiger partial charge in [-0.1, -0.05) is 34.6 Å². The summed E-state index contributed by atoms with van der Waals surface area (Å²) in [5, 5.41) is 0. The maximum atomic E-state index is 2.77. The van der Waals surface area contributed by atoms with E-state index in [1.807, 2.05) is 0 Å². The van der Waals surface area contributed by atoms with E-state index in [4.69, 9.17) is 0 Å². The van der Waals surface area contributed by atoms with E-state index >= 15 is 0 Å². The van der Waals surface area contributed by atoms with Crippen LogP contribution in [0.3, 0.4) is 0 Å². The Kier molecular flexibility index (Phi) is 5.30. The van der Waals surface area contributed by atoms with Gasteiger partial charge >= 0.3 is 0 Å². The molecule has 0 bridgehead atoms. The summed E-state index contributed by atoms with van der Waals surface area (Å²) in [7, 11) is 0. The lowest BCUT2D eigenvalue weighted by molar-refractivity contribution is -0.0246. The van der Waals surface area contributed by atoms with Gasteiger partial charge in [-0.2, -0.15) is 0 Å². The molecule has 0 aromatic carbocycles. The third-order valence-electron chi connectivity index (χ3n) is 5.58. The number of piperidine rings is 1. The highest BCUT2D eigenvalue weighted by atomic mass is 15.3. The maximum absolute atomic E-state index is 2.77. The van der Waals surface area contributed by atoms with Crippen LogP contribution in [0.2, 0.25) is 0 Å². The minimum atomic E-state index is 0.803. The number of hydrogen-bond donors (Lipinski definition) is 0. The molecule has 1 atom stereocenters. The number of likely N-dealkylation sites (tertiary alicyclic amines) is 2. The summed E-state index contributed by atoms with van der Waals surface area (Å²) in [6.07, 6.45) is 4.16. The zero-order valence-electron chi connectivity index (χ0n) is 13.7. The zero-order chi connectivity index (χ0) is 14.0. The molecule has 0 aromatic rings. The first-order valence-corrected chi connectivity index (χ1v) is 8.51. The summed E-state index contributed by atoms with van der Waals surface area (Å²) in [6.45, 7) is 17.2. The Morgan fingerprint density at radius 3 is 2.00 bits per heavy atom. The fourth-order valence-corrected chi connectivity index (χ4v) is 4.09. The van der Waals surface area contributed by atoms with Crippen LogP contribution in [0, 0.1) is 17.8 Å². The lowest BCUT2D eigenvalue weighted by Crippen LogP contribution is -2.64. The van der Waals surface area contributed by atoms with Gasteiger partial charge < -0.3 is 0 Å². The summed E-state index contributed by atoms with van der Waals surface area (Å²) in [5.41, 5.74) is 0. The van der Waals surface area contributed by atoms with Gasteiger partial charge in [0.1, 0.15) is 0 Å². The van der Waals surface area contributed by atoms with Gasteiger partial charge in [0.25, 0.3) is 0 Å². The van der Waals surface area contributed by atoms with Crippen LogP contribution in [-0.2, 0) is 0 Å². The van der Waals surface area contributed by atoms with Crippen LogP contribution in [0.1, 0.15) is 53.9 Å². The second-order valence-corrected chi connectivity index (χ2v) is 7.44. The van der Waals surface area contributed by atoms with Gasteiger partial charge in [-0.25, -0.2) is 0 Å². The standard InChI is InChI=1S/C17H34N2/c1-6-17(14(4)5)19-11-16(12-19)18-9-7-15(8-10-18)13(2)3/h13-17H,6-12H2,1-5H3. The second kappa shape index (κ2) is 6.58. The van der Waals surface area contributed by atoms with E-state index in [2.05, 4.69) is 44.4 Å². The summed E-state index contributed by atoms with van der Waals surface area (Å²) < 4.78 is 0. The van der Waals surface area contributed by atoms with Crippen molar-refractivity contribution in [1.82, 2.24) is 9.80 Å². The summed E-state index contributed by atoms with van der Waals surface area (Å²) in [4.78, 5) is 5.48. The van der Waals surface area contributed by atoms with Gasteiger partial charge in [0.05, 0.1) is 0 Å². The summed E-state index contributed by atoms with van der Waals surface area (Å²) in [6, 6.07) is 1.67. The van der Waals surface area contributed by atoms with Crippen molar-refractivity contribution in [3.63, 3.8) is 0 Å². The van der Waals surface area contributed by atoms with Crippen LogP contribution in [0.5, 0.6) is 0 Å². The molecular formula is C17H34N2. The van der Waals surface area contributed by atoms with Crippen molar-refractivity contribution in [1.29, 1.82) is 0 Å². The van der Waals surface area contributed by atoms with E-state index in [0.717, 1.165) is 29.8 Å². The predicted molar refractivity (Wildman–Crippen MR) is 83.4 cm³/mol. The van der Waals surface area contributed by atoms with Gasteiger partial charge in [0, 0.05) is 25.2 Å². The number of rotatable bonds is 5. The van der Waals surface area contributed by atoms with Crippen molar-refractivity contribution in [2.24, 2.45) is 17.8 Å². The summed E-state index contributed by atoms with van der Waals surface area (Å²) in [5.74, 6) is 2.66. The average Bonchev–Trinajstić information content (AvgIpc) is 2.32. The topological polar surface area (TPSA) is 6.48 Å². The van der Waals surface area contributed by atoms with Crippen molar-refractivity contribution in [2.75, 3.05) is 26.2 Å².